The number of hydrogen-bond donors (Lipinski definition) is 0. The molecule has 0 N–H and O–H groups in total. The Labute approximate surface area is 162 Å². The molecule has 0 fully saturated rings. The molecule has 5 aromatic rings. The highest BCUT2D eigenvalue weighted by Gasteiger charge is 2.07. The molecule has 0 aliphatic heterocycles. The molecule has 0 radical (unpaired) electrons. The van der Waals surface area contributed by atoms with Crippen LogP contribution in [0.1, 0.15) is 0 Å². The fourth-order valence-corrected chi connectivity index (χ4v) is 3.31. The molecule has 5 rings (SSSR count). The maximum atomic E-state index is 5.28. The summed E-state index contributed by atoms with van der Waals surface area (Å²) < 4.78 is 5.28. The van der Waals surface area contributed by atoms with Crippen molar-refractivity contribution < 1.29 is 4.74 Å². The first-order valence-corrected chi connectivity index (χ1v) is 9.07. The van der Waals surface area contributed by atoms with Gasteiger partial charge >= 0.3 is 0 Å². The summed E-state index contributed by atoms with van der Waals surface area (Å²) in [4.78, 5) is 14.2. The summed E-state index contributed by atoms with van der Waals surface area (Å²) in [6.45, 7) is 0. The average Bonchev–Trinajstić information content (AvgIpc) is 2.78. The van der Waals surface area contributed by atoms with Gasteiger partial charge in [-0.15, -0.1) is 0 Å². The SMILES string of the molecule is COc1ccc2nc(-c3ccc4nc(-c5ccccc5)cnc4c3)ccc2c1. The van der Waals surface area contributed by atoms with E-state index in [1.165, 1.54) is 0 Å². The Hall–Kier alpha value is -3.79. The van der Waals surface area contributed by atoms with E-state index in [0.29, 0.717) is 0 Å². The molecule has 0 saturated carbocycles. The summed E-state index contributed by atoms with van der Waals surface area (Å²) in [6, 6.07) is 26.2. The Morgan fingerprint density at radius 1 is 0.643 bits per heavy atom. The van der Waals surface area contributed by atoms with Gasteiger partial charge in [0, 0.05) is 16.5 Å². The summed E-state index contributed by atoms with van der Waals surface area (Å²) in [5.41, 5.74) is 6.53. The normalized spacial score (nSPS) is 11.0. The van der Waals surface area contributed by atoms with Gasteiger partial charge in [-0.25, -0.2) is 9.97 Å². The molecule has 2 heterocycles. The third-order valence-electron chi connectivity index (χ3n) is 4.80. The first-order chi connectivity index (χ1) is 13.8. The lowest BCUT2D eigenvalue weighted by Crippen LogP contribution is -1.91. The average molecular weight is 363 g/mol. The standard InChI is InChI=1S/C24H17N3O/c1-28-19-9-12-21-17(13-19)7-10-20(26-21)18-8-11-22-23(14-18)25-15-24(27-22)16-5-3-2-4-6-16/h2-15H,1H3. The van der Waals surface area contributed by atoms with Crippen LogP contribution in [0.5, 0.6) is 5.75 Å². The van der Waals surface area contributed by atoms with E-state index in [1.807, 2.05) is 79.0 Å². The molecule has 4 heteroatoms. The van der Waals surface area contributed by atoms with E-state index in [4.69, 9.17) is 14.7 Å². The predicted molar refractivity (Wildman–Crippen MR) is 112 cm³/mol. The molecule has 4 nitrogen and oxygen atoms in total. The molecule has 0 saturated heterocycles. The van der Waals surface area contributed by atoms with E-state index in [9.17, 15) is 0 Å². The molecule has 0 bridgehead atoms. The van der Waals surface area contributed by atoms with Crippen molar-refractivity contribution in [1.29, 1.82) is 0 Å². The Morgan fingerprint density at radius 3 is 2.32 bits per heavy atom. The molecule has 0 aliphatic rings. The summed E-state index contributed by atoms with van der Waals surface area (Å²) in [6.07, 6.45) is 1.82. The highest BCUT2D eigenvalue weighted by Crippen LogP contribution is 2.26. The molecular weight excluding hydrogens is 346 g/mol. The smallest absolute Gasteiger partial charge is 0.119 e. The van der Waals surface area contributed by atoms with Gasteiger partial charge in [0.15, 0.2) is 0 Å². The topological polar surface area (TPSA) is 47.9 Å². The molecule has 0 unspecified atom stereocenters. The van der Waals surface area contributed by atoms with Crippen LogP contribution in [0.15, 0.2) is 85.1 Å². The van der Waals surface area contributed by atoms with Crippen LogP contribution in [0.4, 0.5) is 0 Å². The van der Waals surface area contributed by atoms with Crippen molar-refractivity contribution in [3.63, 3.8) is 0 Å². The number of benzene rings is 3. The van der Waals surface area contributed by atoms with E-state index in [0.717, 1.165) is 50.2 Å². The third-order valence-corrected chi connectivity index (χ3v) is 4.80. The van der Waals surface area contributed by atoms with Crippen molar-refractivity contribution in [2.45, 2.75) is 0 Å². The van der Waals surface area contributed by atoms with Crippen LogP contribution in [0, 0.1) is 0 Å². The molecule has 28 heavy (non-hydrogen) atoms. The minimum atomic E-state index is 0.831. The number of ether oxygens (including phenoxy) is 1. The number of methoxy groups -OCH3 is 1. The van der Waals surface area contributed by atoms with Crippen molar-refractivity contribution in [3.05, 3.63) is 85.1 Å². The lowest BCUT2D eigenvalue weighted by molar-refractivity contribution is 0.415. The van der Waals surface area contributed by atoms with E-state index < -0.39 is 0 Å². The summed E-state index contributed by atoms with van der Waals surface area (Å²) in [5.74, 6) is 0.831. The van der Waals surface area contributed by atoms with Crippen molar-refractivity contribution in [2.75, 3.05) is 7.11 Å². The van der Waals surface area contributed by atoms with E-state index >= 15 is 0 Å². The zero-order valence-corrected chi connectivity index (χ0v) is 15.3. The van der Waals surface area contributed by atoms with Gasteiger partial charge in [0.1, 0.15) is 5.75 Å². The number of nitrogens with zero attached hydrogens (tertiary/aromatic N) is 3. The van der Waals surface area contributed by atoms with Crippen molar-refractivity contribution in [1.82, 2.24) is 15.0 Å². The second kappa shape index (κ2) is 6.74. The lowest BCUT2D eigenvalue weighted by Gasteiger charge is -2.07. The van der Waals surface area contributed by atoms with Gasteiger partial charge in [-0.05, 0) is 36.4 Å². The van der Waals surface area contributed by atoms with Gasteiger partial charge in [-0.1, -0.05) is 42.5 Å². The number of rotatable bonds is 3. The zero-order valence-electron chi connectivity index (χ0n) is 15.3. The molecule has 0 atom stereocenters. The van der Waals surface area contributed by atoms with Gasteiger partial charge in [0.25, 0.3) is 0 Å². The third kappa shape index (κ3) is 2.95. The van der Waals surface area contributed by atoms with E-state index in [-0.39, 0.29) is 0 Å². The summed E-state index contributed by atoms with van der Waals surface area (Å²) in [5, 5.41) is 1.05. The van der Waals surface area contributed by atoms with Crippen molar-refractivity contribution >= 4 is 21.9 Å². The zero-order chi connectivity index (χ0) is 18.9. The van der Waals surface area contributed by atoms with Crippen molar-refractivity contribution in [3.8, 4) is 28.3 Å². The monoisotopic (exact) mass is 363 g/mol. The summed E-state index contributed by atoms with van der Waals surface area (Å²) >= 11 is 0. The van der Waals surface area contributed by atoms with Gasteiger partial charge in [-0.2, -0.15) is 0 Å². The van der Waals surface area contributed by atoms with E-state index in [1.54, 1.807) is 7.11 Å². The summed E-state index contributed by atoms with van der Waals surface area (Å²) in [7, 11) is 1.67. The van der Waals surface area contributed by atoms with Crippen LogP contribution in [0.3, 0.4) is 0 Å². The Kier molecular flexibility index (Phi) is 3.95. The van der Waals surface area contributed by atoms with Crippen LogP contribution in [0.25, 0.3) is 44.5 Å². The fraction of sp³-hybridized carbons (Fsp3) is 0.0417. The van der Waals surface area contributed by atoms with Crippen LogP contribution >= 0.6 is 0 Å². The minimum Gasteiger partial charge on any atom is -0.497 e. The first kappa shape index (κ1) is 16.4. The molecular formula is C24H17N3O. The van der Waals surface area contributed by atoms with Gasteiger partial charge in [-0.3, -0.25) is 4.98 Å². The highest BCUT2D eigenvalue weighted by molar-refractivity contribution is 5.86. The van der Waals surface area contributed by atoms with E-state index in [2.05, 4.69) is 11.1 Å². The number of pyridine rings is 1. The molecule has 0 aliphatic carbocycles. The Balaban J connectivity index is 1.55. The Bertz CT molecular complexity index is 1300. The molecule has 134 valence electrons. The molecule has 2 aromatic heterocycles. The number of fused-ring (bicyclic) bond motifs is 2. The van der Waals surface area contributed by atoms with Gasteiger partial charge in [0.05, 0.1) is 41.2 Å². The van der Waals surface area contributed by atoms with Crippen LogP contribution < -0.4 is 4.74 Å². The molecule has 0 amide bonds. The van der Waals surface area contributed by atoms with Gasteiger partial charge < -0.3 is 4.74 Å². The number of hydrogen-bond acceptors (Lipinski definition) is 4. The minimum absolute atomic E-state index is 0.831. The number of aromatic nitrogens is 3. The fourth-order valence-electron chi connectivity index (χ4n) is 3.31. The highest BCUT2D eigenvalue weighted by atomic mass is 16.5. The van der Waals surface area contributed by atoms with Crippen LogP contribution in [-0.2, 0) is 0 Å². The van der Waals surface area contributed by atoms with Crippen LogP contribution in [0.2, 0.25) is 0 Å². The second-order valence-electron chi connectivity index (χ2n) is 6.58. The Morgan fingerprint density at radius 2 is 1.46 bits per heavy atom. The maximum Gasteiger partial charge on any atom is 0.119 e. The van der Waals surface area contributed by atoms with Crippen molar-refractivity contribution in [2.24, 2.45) is 0 Å². The maximum absolute atomic E-state index is 5.28. The predicted octanol–water partition coefficient (Wildman–Crippen LogP) is 5.52. The van der Waals surface area contributed by atoms with Crippen LogP contribution in [-0.4, -0.2) is 22.1 Å². The lowest BCUT2D eigenvalue weighted by atomic mass is 10.1. The molecule has 3 aromatic carbocycles. The molecule has 0 spiro atoms. The largest absolute Gasteiger partial charge is 0.497 e. The second-order valence-corrected chi connectivity index (χ2v) is 6.58. The first-order valence-electron chi connectivity index (χ1n) is 9.07. The van der Waals surface area contributed by atoms with Gasteiger partial charge in [0.2, 0.25) is 0 Å². The quantitative estimate of drug-likeness (QED) is 0.423.